The minimum atomic E-state index is -0.538. The van der Waals surface area contributed by atoms with E-state index in [4.69, 9.17) is 11.6 Å². The third kappa shape index (κ3) is 4.72. The van der Waals surface area contributed by atoms with E-state index >= 15 is 0 Å². The first-order valence-corrected chi connectivity index (χ1v) is 7.65. The van der Waals surface area contributed by atoms with Gasteiger partial charge in [0.15, 0.2) is 0 Å². The number of halogens is 3. The molecule has 0 aliphatic heterocycles. The molecule has 21 heavy (non-hydrogen) atoms. The normalized spacial score (nSPS) is 10.4. The molecule has 0 saturated heterocycles. The highest BCUT2D eigenvalue weighted by atomic mass is 35.5. The lowest BCUT2D eigenvalue weighted by Crippen LogP contribution is -2.14. The zero-order valence-corrected chi connectivity index (χ0v) is 12.5. The van der Waals surface area contributed by atoms with Crippen molar-refractivity contribution in [3.8, 4) is 0 Å². The molecule has 0 fully saturated rings. The molecule has 0 unspecified atom stereocenters. The van der Waals surface area contributed by atoms with Crippen molar-refractivity contribution in [2.45, 2.75) is 5.75 Å². The molecule has 110 valence electrons. The highest BCUT2D eigenvalue weighted by Crippen LogP contribution is 2.20. The fourth-order valence-electron chi connectivity index (χ4n) is 1.64. The van der Waals surface area contributed by atoms with Gasteiger partial charge in [-0.15, -0.1) is 11.8 Å². The van der Waals surface area contributed by atoms with Crippen molar-refractivity contribution in [3.05, 3.63) is 64.7 Å². The van der Waals surface area contributed by atoms with Gasteiger partial charge in [0.1, 0.15) is 11.6 Å². The summed E-state index contributed by atoms with van der Waals surface area (Å²) in [5.74, 6) is -0.494. The van der Waals surface area contributed by atoms with Crippen LogP contribution in [0.15, 0.2) is 42.5 Å². The van der Waals surface area contributed by atoms with Crippen LogP contribution in [0, 0.1) is 11.6 Å². The lowest BCUT2D eigenvalue weighted by Gasteiger charge is -2.06. The van der Waals surface area contributed by atoms with Crippen LogP contribution in [0.5, 0.6) is 0 Å². The van der Waals surface area contributed by atoms with Gasteiger partial charge in [-0.05, 0) is 29.8 Å². The van der Waals surface area contributed by atoms with Crippen molar-refractivity contribution in [3.63, 3.8) is 0 Å². The second-order valence-corrected chi connectivity index (χ2v) is 5.65. The Kier molecular flexibility index (Phi) is 5.59. The number of thioether (sulfide) groups is 1. The fraction of sp³-hybridized carbons (Fsp3) is 0.133. The Balaban J connectivity index is 1.82. The third-order valence-electron chi connectivity index (χ3n) is 2.65. The summed E-state index contributed by atoms with van der Waals surface area (Å²) in [6, 6.07) is 10.4. The highest BCUT2D eigenvalue weighted by molar-refractivity contribution is 7.99. The van der Waals surface area contributed by atoms with E-state index in [1.54, 1.807) is 18.2 Å². The summed E-state index contributed by atoms with van der Waals surface area (Å²) in [7, 11) is 0. The minimum Gasteiger partial charge on any atom is -0.325 e. The van der Waals surface area contributed by atoms with Crippen LogP contribution >= 0.6 is 23.4 Å². The van der Waals surface area contributed by atoms with Crippen molar-refractivity contribution in [2.24, 2.45) is 0 Å². The first-order chi connectivity index (χ1) is 10.1. The number of rotatable bonds is 5. The maximum atomic E-state index is 13.4. The monoisotopic (exact) mass is 327 g/mol. The molecule has 0 aliphatic rings. The van der Waals surface area contributed by atoms with Gasteiger partial charge >= 0.3 is 0 Å². The van der Waals surface area contributed by atoms with E-state index in [0.717, 1.165) is 0 Å². The molecule has 0 saturated carbocycles. The number of carbonyl (C=O) groups is 1. The smallest absolute Gasteiger partial charge is 0.234 e. The van der Waals surface area contributed by atoms with Gasteiger partial charge in [-0.3, -0.25) is 4.79 Å². The van der Waals surface area contributed by atoms with Crippen LogP contribution in [-0.4, -0.2) is 11.7 Å². The Morgan fingerprint density at radius 2 is 1.90 bits per heavy atom. The summed E-state index contributed by atoms with van der Waals surface area (Å²) in [6.45, 7) is 0. The van der Waals surface area contributed by atoms with Crippen LogP contribution in [0.2, 0.25) is 5.02 Å². The van der Waals surface area contributed by atoms with Gasteiger partial charge in [0.25, 0.3) is 0 Å². The van der Waals surface area contributed by atoms with E-state index in [1.807, 2.05) is 0 Å². The third-order valence-corrected chi connectivity index (χ3v) is 3.92. The molecular weight excluding hydrogens is 316 g/mol. The van der Waals surface area contributed by atoms with Gasteiger partial charge in [0.05, 0.1) is 10.8 Å². The number of anilines is 1. The molecule has 2 rings (SSSR count). The second kappa shape index (κ2) is 7.43. The first-order valence-electron chi connectivity index (χ1n) is 6.12. The lowest BCUT2D eigenvalue weighted by molar-refractivity contribution is -0.113. The van der Waals surface area contributed by atoms with Crippen molar-refractivity contribution in [1.29, 1.82) is 0 Å². The molecule has 0 aromatic heterocycles. The second-order valence-electron chi connectivity index (χ2n) is 4.26. The fourth-order valence-corrected chi connectivity index (χ4v) is 2.63. The van der Waals surface area contributed by atoms with Crippen LogP contribution in [0.1, 0.15) is 5.56 Å². The SMILES string of the molecule is O=C(CSCc1ccccc1F)Nc1ccc(F)c(Cl)c1. The summed E-state index contributed by atoms with van der Waals surface area (Å²) in [4.78, 5) is 11.7. The number of hydrogen-bond donors (Lipinski definition) is 1. The summed E-state index contributed by atoms with van der Waals surface area (Å²) >= 11 is 6.92. The van der Waals surface area contributed by atoms with Crippen LogP contribution in [-0.2, 0) is 10.5 Å². The lowest BCUT2D eigenvalue weighted by atomic mass is 10.2. The van der Waals surface area contributed by atoms with E-state index in [-0.39, 0.29) is 22.5 Å². The van der Waals surface area contributed by atoms with Crippen molar-refractivity contribution < 1.29 is 13.6 Å². The van der Waals surface area contributed by atoms with E-state index in [9.17, 15) is 13.6 Å². The Labute approximate surface area is 130 Å². The van der Waals surface area contributed by atoms with Crippen LogP contribution in [0.4, 0.5) is 14.5 Å². The maximum absolute atomic E-state index is 13.4. The molecule has 0 radical (unpaired) electrons. The van der Waals surface area contributed by atoms with Crippen molar-refractivity contribution in [1.82, 2.24) is 0 Å². The summed E-state index contributed by atoms with van der Waals surface area (Å²) in [5.41, 5.74) is 0.984. The molecule has 6 heteroatoms. The number of nitrogens with one attached hydrogen (secondary N) is 1. The van der Waals surface area contributed by atoms with E-state index in [1.165, 1.54) is 36.0 Å². The summed E-state index contributed by atoms with van der Waals surface area (Å²) < 4.78 is 26.4. The Morgan fingerprint density at radius 3 is 2.62 bits per heavy atom. The van der Waals surface area contributed by atoms with Gasteiger partial charge in [-0.2, -0.15) is 0 Å². The number of hydrogen-bond acceptors (Lipinski definition) is 2. The summed E-state index contributed by atoms with van der Waals surface area (Å²) in [6.07, 6.45) is 0. The standard InChI is InChI=1S/C15H12ClF2NOS/c16-12-7-11(5-6-14(12)18)19-15(20)9-21-8-10-3-1-2-4-13(10)17/h1-7H,8-9H2,(H,19,20). The van der Waals surface area contributed by atoms with Crippen LogP contribution in [0.25, 0.3) is 0 Å². The van der Waals surface area contributed by atoms with Crippen molar-refractivity contribution >= 4 is 35.0 Å². The minimum absolute atomic E-state index is 0.0493. The largest absolute Gasteiger partial charge is 0.325 e. The van der Waals surface area contributed by atoms with Gasteiger partial charge in [-0.1, -0.05) is 29.8 Å². The topological polar surface area (TPSA) is 29.1 Å². The van der Waals surface area contributed by atoms with Gasteiger partial charge in [-0.25, -0.2) is 8.78 Å². The zero-order valence-electron chi connectivity index (χ0n) is 10.9. The number of benzene rings is 2. The van der Waals surface area contributed by atoms with Crippen LogP contribution in [0.3, 0.4) is 0 Å². The summed E-state index contributed by atoms with van der Waals surface area (Å²) in [5, 5.41) is 2.56. The predicted molar refractivity (Wildman–Crippen MR) is 82.6 cm³/mol. The number of carbonyl (C=O) groups excluding carboxylic acids is 1. The average Bonchev–Trinajstić information content (AvgIpc) is 2.45. The molecule has 0 bridgehead atoms. The molecular formula is C15H12ClF2NOS. The van der Waals surface area contributed by atoms with Crippen LogP contribution < -0.4 is 5.32 Å². The first kappa shape index (κ1) is 15.8. The highest BCUT2D eigenvalue weighted by Gasteiger charge is 2.07. The molecule has 0 aliphatic carbocycles. The van der Waals surface area contributed by atoms with E-state index in [0.29, 0.717) is 17.0 Å². The van der Waals surface area contributed by atoms with Gasteiger partial charge in [0.2, 0.25) is 5.91 Å². The molecule has 0 atom stereocenters. The predicted octanol–water partition coefficient (Wildman–Crippen LogP) is 4.49. The van der Waals surface area contributed by atoms with Gasteiger partial charge < -0.3 is 5.32 Å². The zero-order chi connectivity index (χ0) is 15.2. The molecule has 0 spiro atoms. The van der Waals surface area contributed by atoms with Gasteiger partial charge in [0, 0.05) is 11.4 Å². The molecule has 1 amide bonds. The Morgan fingerprint density at radius 1 is 1.14 bits per heavy atom. The number of amides is 1. The molecule has 2 nitrogen and oxygen atoms in total. The molecule has 2 aromatic carbocycles. The van der Waals surface area contributed by atoms with E-state index < -0.39 is 5.82 Å². The molecule has 2 aromatic rings. The maximum Gasteiger partial charge on any atom is 0.234 e. The van der Waals surface area contributed by atoms with Crippen molar-refractivity contribution in [2.75, 3.05) is 11.1 Å². The average molecular weight is 328 g/mol. The molecule has 0 heterocycles. The Hall–Kier alpha value is -1.59. The molecule has 1 N–H and O–H groups in total. The van der Waals surface area contributed by atoms with E-state index in [2.05, 4.69) is 5.32 Å². The Bertz CT molecular complexity index is 651. The quantitative estimate of drug-likeness (QED) is 0.876.